The van der Waals surface area contributed by atoms with Crippen LogP contribution >= 0.6 is 0 Å². The minimum Gasteiger partial charge on any atom is -0.497 e. The average molecular weight is 341 g/mol. The number of hydrogen-bond acceptors (Lipinski definition) is 5. The fourth-order valence-corrected chi connectivity index (χ4v) is 3.06. The van der Waals surface area contributed by atoms with Crippen LogP contribution in [-0.4, -0.2) is 40.2 Å². The first-order valence-electron chi connectivity index (χ1n) is 8.30. The summed E-state index contributed by atoms with van der Waals surface area (Å²) in [6.07, 6.45) is 3.98. The largest absolute Gasteiger partial charge is 0.497 e. The molecule has 25 heavy (non-hydrogen) atoms. The van der Waals surface area contributed by atoms with Crippen molar-refractivity contribution < 1.29 is 14.3 Å². The Morgan fingerprint density at radius 3 is 2.72 bits per heavy atom. The van der Waals surface area contributed by atoms with Crippen LogP contribution in [0.3, 0.4) is 0 Å². The summed E-state index contributed by atoms with van der Waals surface area (Å²) in [6.45, 7) is 0.356. The van der Waals surface area contributed by atoms with Crippen molar-refractivity contribution in [2.24, 2.45) is 5.92 Å². The van der Waals surface area contributed by atoms with E-state index >= 15 is 0 Å². The summed E-state index contributed by atoms with van der Waals surface area (Å²) in [5.74, 6) is 0.527. The third-order valence-corrected chi connectivity index (χ3v) is 4.63. The number of nitrogens with zero attached hydrogens (tertiary/aromatic N) is 4. The monoisotopic (exact) mass is 341 g/mol. The van der Waals surface area contributed by atoms with Gasteiger partial charge in [-0.15, -0.1) is 10.2 Å². The van der Waals surface area contributed by atoms with Crippen molar-refractivity contribution in [1.82, 2.24) is 14.8 Å². The molecule has 1 N–H and O–H groups in total. The number of aromatic nitrogens is 3. The Kier molecular flexibility index (Phi) is 3.87. The van der Waals surface area contributed by atoms with Gasteiger partial charge in [0.05, 0.1) is 13.0 Å². The predicted molar refractivity (Wildman–Crippen MR) is 90.4 cm³/mol. The highest BCUT2D eigenvalue weighted by Gasteiger charge is 2.36. The first kappa shape index (κ1) is 15.6. The molecule has 8 heteroatoms. The van der Waals surface area contributed by atoms with E-state index in [1.165, 1.54) is 0 Å². The second-order valence-electron chi connectivity index (χ2n) is 6.39. The van der Waals surface area contributed by atoms with Gasteiger partial charge in [0.25, 0.3) is 0 Å². The Balaban J connectivity index is 1.43. The van der Waals surface area contributed by atoms with E-state index in [0.29, 0.717) is 18.5 Å². The van der Waals surface area contributed by atoms with E-state index in [9.17, 15) is 9.59 Å². The minimum atomic E-state index is -0.404. The van der Waals surface area contributed by atoms with Crippen LogP contribution in [0, 0.1) is 5.92 Å². The Labute approximate surface area is 144 Å². The number of benzene rings is 1. The Hall–Kier alpha value is -2.90. The number of hydrogen-bond donors (Lipinski definition) is 1. The molecule has 2 aromatic rings. The summed E-state index contributed by atoms with van der Waals surface area (Å²) in [5.41, 5.74) is 0.766. The molecular formula is C17H19N5O3. The molecule has 1 saturated heterocycles. The lowest BCUT2D eigenvalue weighted by Gasteiger charge is -2.17. The quantitative estimate of drug-likeness (QED) is 0.892. The summed E-state index contributed by atoms with van der Waals surface area (Å²) in [4.78, 5) is 26.5. The van der Waals surface area contributed by atoms with Crippen LogP contribution in [0.25, 0.3) is 0 Å². The third kappa shape index (κ3) is 3.07. The van der Waals surface area contributed by atoms with E-state index in [0.717, 1.165) is 24.3 Å². The molecule has 1 atom stereocenters. The zero-order valence-electron chi connectivity index (χ0n) is 13.9. The van der Waals surface area contributed by atoms with Crippen molar-refractivity contribution in [3.8, 4) is 5.75 Å². The number of amides is 2. The Bertz CT molecular complexity index is 797. The molecule has 2 heterocycles. The van der Waals surface area contributed by atoms with Crippen LogP contribution in [0.2, 0.25) is 0 Å². The third-order valence-electron chi connectivity index (χ3n) is 4.63. The number of anilines is 2. The first-order valence-corrected chi connectivity index (χ1v) is 8.30. The van der Waals surface area contributed by atoms with Gasteiger partial charge in [0, 0.05) is 24.7 Å². The van der Waals surface area contributed by atoms with Gasteiger partial charge in [0.2, 0.25) is 17.8 Å². The number of ether oxygens (including phenoxy) is 1. The molecule has 0 unspecified atom stereocenters. The molecule has 1 aromatic carbocycles. The molecule has 130 valence electrons. The number of carbonyl (C=O) groups excluding carboxylic acids is 2. The molecule has 0 spiro atoms. The van der Waals surface area contributed by atoms with Crippen LogP contribution in [0.15, 0.2) is 30.6 Å². The molecule has 2 aliphatic rings. The number of methoxy groups -OCH3 is 1. The maximum absolute atomic E-state index is 12.5. The van der Waals surface area contributed by atoms with E-state index in [2.05, 4.69) is 15.5 Å². The van der Waals surface area contributed by atoms with E-state index in [1.54, 1.807) is 30.5 Å². The predicted octanol–water partition coefficient (Wildman–Crippen LogP) is 1.61. The standard InChI is InChI=1S/C17H19N5O3/c1-25-14-6-4-12(5-7-14)21-9-11(8-15(21)23)16(24)19-17-20-18-10-22(17)13-2-3-13/h4-7,10-11,13H,2-3,8-9H2,1H3,(H,19,20,24)/t11-/m0/s1. The zero-order valence-corrected chi connectivity index (χ0v) is 13.9. The van der Waals surface area contributed by atoms with Gasteiger partial charge in [-0.2, -0.15) is 0 Å². The van der Waals surface area contributed by atoms with Gasteiger partial charge >= 0.3 is 0 Å². The summed E-state index contributed by atoms with van der Waals surface area (Å²) in [5, 5.41) is 10.7. The van der Waals surface area contributed by atoms with Crippen LogP contribution in [0.5, 0.6) is 5.75 Å². The maximum Gasteiger partial charge on any atom is 0.232 e. The molecule has 8 nitrogen and oxygen atoms in total. The molecule has 0 radical (unpaired) electrons. The zero-order chi connectivity index (χ0) is 17.4. The van der Waals surface area contributed by atoms with Gasteiger partial charge in [-0.1, -0.05) is 0 Å². The van der Waals surface area contributed by atoms with Crippen LogP contribution in [0.4, 0.5) is 11.6 Å². The van der Waals surface area contributed by atoms with Crippen molar-refractivity contribution in [3.05, 3.63) is 30.6 Å². The number of rotatable bonds is 5. The van der Waals surface area contributed by atoms with Gasteiger partial charge in [-0.05, 0) is 37.1 Å². The lowest BCUT2D eigenvalue weighted by Crippen LogP contribution is -2.28. The van der Waals surface area contributed by atoms with Crippen molar-refractivity contribution >= 4 is 23.5 Å². The van der Waals surface area contributed by atoms with E-state index in [-0.39, 0.29) is 18.2 Å². The normalized spacial score (nSPS) is 20.0. The first-order chi connectivity index (χ1) is 12.2. The SMILES string of the molecule is COc1ccc(N2C[C@@H](C(=O)Nc3nncn3C3CC3)CC2=O)cc1. The molecule has 1 aliphatic carbocycles. The second-order valence-corrected chi connectivity index (χ2v) is 6.39. The van der Waals surface area contributed by atoms with Gasteiger partial charge in [-0.25, -0.2) is 0 Å². The molecule has 2 fully saturated rings. The summed E-state index contributed by atoms with van der Waals surface area (Å²) >= 11 is 0. The van der Waals surface area contributed by atoms with Crippen LogP contribution < -0.4 is 15.0 Å². The highest BCUT2D eigenvalue weighted by molar-refractivity contribution is 6.03. The summed E-state index contributed by atoms with van der Waals surface area (Å²) in [7, 11) is 1.59. The van der Waals surface area contributed by atoms with Crippen molar-refractivity contribution in [1.29, 1.82) is 0 Å². The smallest absolute Gasteiger partial charge is 0.232 e. The van der Waals surface area contributed by atoms with Gasteiger partial charge in [-0.3, -0.25) is 19.5 Å². The number of carbonyl (C=O) groups is 2. The van der Waals surface area contributed by atoms with E-state index < -0.39 is 5.92 Å². The van der Waals surface area contributed by atoms with Gasteiger partial charge in [0.15, 0.2) is 0 Å². The fourth-order valence-electron chi connectivity index (χ4n) is 3.06. The van der Waals surface area contributed by atoms with Gasteiger partial charge < -0.3 is 9.64 Å². The molecular weight excluding hydrogens is 322 g/mol. The average Bonchev–Trinajstić information content (AvgIpc) is 3.24. The van der Waals surface area contributed by atoms with Gasteiger partial charge in [0.1, 0.15) is 12.1 Å². The molecule has 1 aromatic heterocycles. The Morgan fingerprint density at radius 1 is 1.28 bits per heavy atom. The van der Waals surface area contributed by atoms with Crippen molar-refractivity contribution in [3.63, 3.8) is 0 Å². The Morgan fingerprint density at radius 2 is 2.04 bits per heavy atom. The number of nitrogens with one attached hydrogen (secondary N) is 1. The van der Waals surface area contributed by atoms with E-state index in [4.69, 9.17) is 4.74 Å². The minimum absolute atomic E-state index is 0.0611. The van der Waals surface area contributed by atoms with Crippen LogP contribution in [-0.2, 0) is 9.59 Å². The molecule has 0 bridgehead atoms. The highest BCUT2D eigenvalue weighted by atomic mass is 16.5. The second kappa shape index (κ2) is 6.19. The molecule has 4 rings (SSSR count). The maximum atomic E-state index is 12.5. The topological polar surface area (TPSA) is 89.3 Å². The van der Waals surface area contributed by atoms with Crippen molar-refractivity contribution in [2.75, 3.05) is 23.9 Å². The fraction of sp³-hybridized carbons (Fsp3) is 0.412. The van der Waals surface area contributed by atoms with E-state index in [1.807, 2.05) is 16.7 Å². The lowest BCUT2D eigenvalue weighted by molar-refractivity contribution is -0.122. The van der Waals surface area contributed by atoms with Crippen LogP contribution in [0.1, 0.15) is 25.3 Å². The lowest BCUT2D eigenvalue weighted by atomic mass is 10.1. The van der Waals surface area contributed by atoms with Crippen molar-refractivity contribution in [2.45, 2.75) is 25.3 Å². The summed E-state index contributed by atoms with van der Waals surface area (Å²) < 4.78 is 7.01. The molecule has 1 aliphatic heterocycles. The summed E-state index contributed by atoms with van der Waals surface area (Å²) in [6, 6.07) is 7.62. The molecule has 1 saturated carbocycles. The molecule has 2 amide bonds. The highest BCUT2D eigenvalue weighted by Crippen LogP contribution is 2.36.